The Balaban J connectivity index is 1.28. The second-order valence-corrected chi connectivity index (χ2v) is 7.58. The number of hydrogen-bond donors (Lipinski definition) is 1. The van der Waals surface area contributed by atoms with E-state index in [1.807, 2.05) is 18.2 Å². The first-order valence-corrected chi connectivity index (χ1v) is 9.66. The smallest absolute Gasteiger partial charge is 0.226 e. The van der Waals surface area contributed by atoms with Gasteiger partial charge in [-0.15, -0.1) is 0 Å². The molecule has 140 valence electrons. The number of nitrogens with one attached hydrogen (secondary N) is 1. The number of anilines is 1. The first-order valence-electron chi connectivity index (χ1n) is 8.84. The molecule has 1 fully saturated rings. The summed E-state index contributed by atoms with van der Waals surface area (Å²) in [6.45, 7) is 1.90. The van der Waals surface area contributed by atoms with Gasteiger partial charge in [0.05, 0.1) is 17.7 Å². The van der Waals surface area contributed by atoms with Crippen LogP contribution in [0.15, 0.2) is 42.5 Å². The number of para-hydroxylation sites is 1. The van der Waals surface area contributed by atoms with Gasteiger partial charge in [0.25, 0.3) is 0 Å². The predicted molar refractivity (Wildman–Crippen MR) is 105 cm³/mol. The minimum atomic E-state index is -0.246. The Labute approximate surface area is 160 Å². The van der Waals surface area contributed by atoms with Crippen molar-refractivity contribution in [3.63, 3.8) is 0 Å². The van der Waals surface area contributed by atoms with Crippen LogP contribution in [0.4, 0.5) is 9.52 Å². The van der Waals surface area contributed by atoms with Gasteiger partial charge in [0.15, 0.2) is 5.13 Å². The summed E-state index contributed by atoms with van der Waals surface area (Å²) in [5.41, 5.74) is 1.88. The van der Waals surface area contributed by atoms with Gasteiger partial charge in [-0.1, -0.05) is 29.5 Å². The van der Waals surface area contributed by atoms with Gasteiger partial charge >= 0.3 is 0 Å². The van der Waals surface area contributed by atoms with E-state index >= 15 is 0 Å². The molecule has 0 unspecified atom stereocenters. The minimum Gasteiger partial charge on any atom is -0.494 e. The molecular formula is C20H20FN3O2S. The van der Waals surface area contributed by atoms with Crippen molar-refractivity contribution >= 4 is 32.6 Å². The molecule has 4 rings (SSSR count). The molecule has 2 aromatic carbocycles. The highest BCUT2D eigenvalue weighted by Crippen LogP contribution is 2.36. The number of benzene rings is 2. The van der Waals surface area contributed by atoms with Crippen LogP contribution >= 0.6 is 11.3 Å². The lowest BCUT2D eigenvalue weighted by molar-refractivity contribution is -0.125. The molecule has 1 aliphatic heterocycles. The molecule has 0 atom stereocenters. The monoisotopic (exact) mass is 385 g/mol. The summed E-state index contributed by atoms with van der Waals surface area (Å²) < 4.78 is 19.3. The molecule has 0 saturated carbocycles. The number of aromatic nitrogens is 1. The fourth-order valence-electron chi connectivity index (χ4n) is 3.14. The number of fused-ring (bicyclic) bond motifs is 1. The van der Waals surface area contributed by atoms with Crippen molar-refractivity contribution in [2.24, 2.45) is 5.92 Å². The Bertz CT molecular complexity index is 952. The molecule has 0 spiro atoms. The number of amides is 1. The number of halogens is 1. The Hall–Kier alpha value is -2.67. The number of thiazole rings is 1. The highest BCUT2D eigenvalue weighted by atomic mass is 32.1. The van der Waals surface area contributed by atoms with E-state index in [-0.39, 0.29) is 17.6 Å². The van der Waals surface area contributed by atoms with Crippen LogP contribution in [0.2, 0.25) is 0 Å². The lowest BCUT2D eigenvalue weighted by Crippen LogP contribution is -2.54. The molecule has 27 heavy (non-hydrogen) atoms. The summed E-state index contributed by atoms with van der Waals surface area (Å²) in [4.78, 5) is 19.1. The zero-order chi connectivity index (χ0) is 18.8. The van der Waals surface area contributed by atoms with Crippen molar-refractivity contribution in [3.05, 3.63) is 53.8 Å². The number of ether oxygens (including phenoxy) is 1. The van der Waals surface area contributed by atoms with Crippen LogP contribution < -0.4 is 15.0 Å². The van der Waals surface area contributed by atoms with E-state index in [1.165, 1.54) is 12.1 Å². The van der Waals surface area contributed by atoms with E-state index in [0.29, 0.717) is 26.1 Å². The summed E-state index contributed by atoms with van der Waals surface area (Å²) in [5.74, 6) is 0.564. The predicted octanol–water partition coefficient (Wildman–Crippen LogP) is 3.24. The molecule has 5 nitrogen and oxygen atoms in total. The van der Waals surface area contributed by atoms with Gasteiger partial charge in [-0.05, 0) is 36.2 Å². The van der Waals surface area contributed by atoms with Crippen molar-refractivity contribution in [1.82, 2.24) is 10.3 Å². The number of rotatable bonds is 6. The number of carbonyl (C=O) groups is 1. The van der Waals surface area contributed by atoms with Gasteiger partial charge < -0.3 is 15.0 Å². The van der Waals surface area contributed by atoms with E-state index in [1.54, 1.807) is 30.6 Å². The maximum atomic E-state index is 12.9. The molecule has 2 heterocycles. The van der Waals surface area contributed by atoms with E-state index in [4.69, 9.17) is 4.74 Å². The number of nitrogens with zero attached hydrogens (tertiary/aromatic N) is 2. The fourth-order valence-corrected chi connectivity index (χ4v) is 4.14. The topological polar surface area (TPSA) is 54.5 Å². The Kier molecular flexibility index (Phi) is 4.94. The number of carbonyl (C=O) groups excluding carboxylic acids is 1. The summed E-state index contributed by atoms with van der Waals surface area (Å²) in [7, 11) is 1.64. The number of hydrogen-bond acceptors (Lipinski definition) is 5. The van der Waals surface area contributed by atoms with Gasteiger partial charge in [-0.25, -0.2) is 9.37 Å². The molecule has 1 aromatic heterocycles. The van der Waals surface area contributed by atoms with E-state index in [9.17, 15) is 9.18 Å². The molecule has 1 N–H and O–H groups in total. The van der Waals surface area contributed by atoms with Crippen molar-refractivity contribution in [1.29, 1.82) is 0 Å². The first-order chi connectivity index (χ1) is 13.1. The van der Waals surface area contributed by atoms with Crippen LogP contribution in [0.25, 0.3) is 10.2 Å². The van der Waals surface area contributed by atoms with Gasteiger partial charge in [0.2, 0.25) is 5.91 Å². The summed E-state index contributed by atoms with van der Waals surface area (Å²) in [5, 5.41) is 3.89. The normalized spacial score (nSPS) is 14.2. The SMILES string of the molecule is COc1cccc2sc(N3CC(C(=O)NCCc4ccc(F)cc4)C3)nc12. The quantitative estimate of drug-likeness (QED) is 0.708. The summed E-state index contributed by atoms with van der Waals surface area (Å²) >= 11 is 1.61. The number of methoxy groups -OCH3 is 1. The maximum absolute atomic E-state index is 12.9. The van der Waals surface area contributed by atoms with Crippen LogP contribution in [0.5, 0.6) is 5.75 Å². The summed E-state index contributed by atoms with van der Waals surface area (Å²) in [6, 6.07) is 12.2. The maximum Gasteiger partial charge on any atom is 0.226 e. The third-order valence-corrected chi connectivity index (χ3v) is 5.82. The highest BCUT2D eigenvalue weighted by molar-refractivity contribution is 7.22. The molecule has 3 aromatic rings. The average molecular weight is 385 g/mol. The van der Waals surface area contributed by atoms with Crippen molar-refractivity contribution in [3.8, 4) is 5.75 Å². The molecule has 7 heteroatoms. The van der Waals surface area contributed by atoms with Gasteiger partial charge in [0, 0.05) is 19.6 Å². The van der Waals surface area contributed by atoms with E-state index in [0.717, 1.165) is 26.7 Å². The van der Waals surface area contributed by atoms with Gasteiger partial charge in [0.1, 0.15) is 17.1 Å². The lowest BCUT2D eigenvalue weighted by atomic mass is 10.00. The van der Waals surface area contributed by atoms with Crippen LogP contribution in [0.3, 0.4) is 0 Å². The summed E-state index contributed by atoms with van der Waals surface area (Å²) in [6.07, 6.45) is 0.695. The molecular weight excluding hydrogens is 365 g/mol. The molecule has 0 radical (unpaired) electrons. The molecule has 1 amide bonds. The highest BCUT2D eigenvalue weighted by Gasteiger charge is 2.34. The first kappa shape index (κ1) is 17.7. The van der Waals surface area contributed by atoms with Crippen LogP contribution in [-0.2, 0) is 11.2 Å². The third-order valence-electron chi connectivity index (χ3n) is 4.74. The zero-order valence-corrected chi connectivity index (χ0v) is 15.8. The molecule has 0 aliphatic carbocycles. The van der Waals surface area contributed by atoms with Crippen LogP contribution in [-0.4, -0.2) is 37.6 Å². The lowest BCUT2D eigenvalue weighted by Gasteiger charge is -2.37. The molecule has 1 aliphatic rings. The van der Waals surface area contributed by atoms with Gasteiger partial charge in [-0.3, -0.25) is 4.79 Å². The Morgan fingerprint density at radius 3 is 2.81 bits per heavy atom. The zero-order valence-electron chi connectivity index (χ0n) is 14.9. The fraction of sp³-hybridized carbons (Fsp3) is 0.300. The largest absolute Gasteiger partial charge is 0.494 e. The minimum absolute atomic E-state index is 0.0212. The van der Waals surface area contributed by atoms with Gasteiger partial charge in [-0.2, -0.15) is 0 Å². The second-order valence-electron chi connectivity index (χ2n) is 6.57. The van der Waals surface area contributed by atoms with Crippen LogP contribution in [0, 0.1) is 11.7 Å². The van der Waals surface area contributed by atoms with Crippen molar-refractivity contribution in [2.45, 2.75) is 6.42 Å². The Morgan fingerprint density at radius 2 is 2.07 bits per heavy atom. The third kappa shape index (κ3) is 3.73. The van der Waals surface area contributed by atoms with E-state index < -0.39 is 0 Å². The second kappa shape index (κ2) is 7.52. The van der Waals surface area contributed by atoms with E-state index in [2.05, 4.69) is 15.2 Å². The standard InChI is InChI=1S/C20H20FN3O2S/c1-26-16-3-2-4-17-18(16)23-20(27-17)24-11-14(12-24)19(25)22-10-9-13-5-7-15(21)8-6-13/h2-8,14H,9-12H2,1H3,(H,22,25). The van der Waals surface area contributed by atoms with Crippen molar-refractivity contribution in [2.75, 3.05) is 31.6 Å². The average Bonchev–Trinajstić information content (AvgIpc) is 3.05. The van der Waals surface area contributed by atoms with Crippen LogP contribution in [0.1, 0.15) is 5.56 Å². The molecule has 1 saturated heterocycles. The Morgan fingerprint density at radius 1 is 1.30 bits per heavy atom. The molecule has 0 bridgehead atoms. The van der Waals surface area contributed by atoms with Crippen molar-refractivity contribution < 1.29 is 13.9 Å².